The number of hydrogen-bond donors (Lipinski definition) is 1. The predicted octanol–water partition coefficient (Wildman–Crippen LogP) is 2.25. The number of nitrogens with one attached hydrogen (secondary N) is 1. The molecule has 1 N–H and O–H groups in total. The molecule has 0 saturated carbocycles. The van der Waals surface area contributed by atoms with Crippen molar-refractivity contribution in [2.24, 2.45) is 0 Å². The second-order valence-corrected chi connectivity index (χ2v) is 6.24. The van der Waals surface area contributed by atoms with Crippen molar-refractivity contribution in [3.63, 3.8) is 0 Å². The standard InChI is InChI=1S/C17H22N2/c1-3-18-9-10-19-15-8-7-12(2)11-14(15)13-5-4-6-16(18)17(13)19/h7-8,11,16H,3-6,9-10H2,1-2H3/p+1/t16-/m1/s1. The van der Waals surface area contributed by atoms with Crippen molar-refractivity contribution in [3.8, 4) is 0 Å². The van der Waals surface area contributed by atoms with Crippen LogP contribution in [0.15, 0.2) is 18.2 Å². The molecule has 0 bridgehead atoms. The van der Waals surface area contributed by atoms with E-state index in [1.165, 1.54) is 55.4 Å². The van der Waals surface area contributed by atoms with E-state index in [2.05, 4.69) is 36.6 Å². The third kappa shape index (κ3) is 1.53. The molecule has 2 nitrogen and oxygen atoms in total. The molecule has 2 aromatic rings. The highest BCUT2D eigenvalue weighted by atomic mass is 15.2. The molecule has 2 heteroatoms. The Bertz CT molecular complexity index is 638. The summed E-state index contributed by atoms with van der Waals surface area (Å²) in [6.45, 7) is 8.32. The first-order valence-electron chi connectivity index (χ1n) is 7.75. The molecule has 2 heterocycles. The topological polar surface area (TPSA) is 9.37 Å². The summed E-state index contributed by atoms with van der Waals surface area (Å²) < 4.78 is 2.63. The van der Waals surface area contributed by atoms with Crippen molar-refractivity contribution in [1.29, 1.82) is 0 Å². The number of aromatic nitrogens is 1. The van der Waals surface area contributed by atoms with Gasteiger partial charge in [0, 0.05) is 17.3 Å². The summed E-state index contributed by atoms with van der Waals surface area (Å²) in [4.78, 5) is 1.80. The van der Waals surface area contributed by atoms with Gasteiger partial charge in [-0.15, -0.1) is 0 Å². The van der Waals surface area contributed by atoms with Crippen LogP contribution in [0.3, 0.4) is 0 Å². The molecule has 0 fully saturated rings. The molecule has 1 aromatic carbocycles. The van der Waals surface area contributed by atoms with Gasteiger partial charge >= 0.3 is 0 Å². The summed E-state index contributed by atoms with van der Waals surface area (Å²) >= 11 is 0. The minimum absolute atomic E-state index is 0.759. The zero-order valence-corrected chi connectivity index (χ0v) is 12.0. The zero-order valence-electron chi connectivity index (χ0n) is 12.0. The third-order valence-electron chi connectivity index (χ3n) is 5.22. The average molecular weight is 255 g/mol. The summed E-state index contributed by atoms with van der Waals surface area (Å²) in [5.41, 5.74) is 6.22. The lowest BCUT2D eigenvalue weighted by Crippen LogP contribution is -3.13. The minimum Gasteiger partial charge on any atom is -0.334 e. The molecule has 100 valence electrons. The summed E-state index contributed by atoms with van der Waals surface area (Å²) in [5.74, 6) is 0. The van der Waals surface area contributed by atoms with E-state index in [4.69, 9.17) is 0 Å². The highest BCUT2D eigenvalue weighted by Crippen LogP contribution is 2.37. The van der Waals surface area contributed by atoms with Gasteiger partial charge in [-0.2, -0.15) is 0 Å². The molecule has 19 heavy (non-hydrogen) atoms. The average Bonchev–Trinajstić information content (AvgIpc) is 2.75. The van der Waals surface area contributed by atoms with Crippen LogP contribution < -0.4 is 4.90 Å². The van der Waals surface area contributed by atoms with Gasteiger partial charge in [0.1, 0.15) is 6.04 Å². The molecule has 0 spiro atoms. The Balaban J connectivity index is 2.01. The number of quaternary nitrogens is 1. The molecule has 2 aliphatic rings. The second-order valence-electron chi connectivity index (χ2n) is 6.24. The quantitative estimate of drug-likeness (QED) is 0.800. The monoisotopic (exact) mass is 255 g/mol. The summed E-state index contributed by atoms with van der Waals surface area (Å²) in [6.07, 6.45) is 4.04. The SMILES string of the molecule is CC[NH+]1CCn2c3c(c4cc(C)ccc42)CCC[C@H]31. The van der Waals surface area contributed by atoms with Crippen LogP contribution in [0.25, 0.3) is 10.9 Å². The first kappa shape index (κ1) is 11.5. The van der Waals surface area contributed by atoms with Crippen molar-refractivity contribution in [2.45, 2.75) is 45.7 Å². The Labute approximate surface area is 115 Å². The zero-order chi connectivity index (χ0) is 13.0. The van der Waals surface area contributed by atoms with Crippen LogP contribution in [0.1, 0.15) is 42.6 Å². The first-order valence-corrected chi connectivity index (χ1v) is 7.75. The lowest BCUT2D eigenvalue weighted by Gasteiger charge is -2.36. The third-order valence-corrected chi connectivity index (χ3v) is 5.22. The molecule has 0 saturated heterocycles. The van der Waals surface area contributed by atoms with Gasteiger partial charge in [0.25, 0.3) is 0 Å². The van der Waals surface area contributed by atoms with Crippen LogP contribution in [-0.2, 0) is 13.0 Å². The summed E-state index contributed by atoms with van der Waals surface area (Å²) in [6, 6.07) is 7.78. The van der Waals surface area contributed by atoms with Crippen molar-refractivity contribution in [2.75, 3.05) is 13.1 Å². The molecular formula is C17H23N2+. The Morgan fingerprint density at radius 2 is 2.26 bits per heavy atom. The summed E-state index contributed by atoms with van der Waals surface area (Å²) in [7, 11) is 0. The van der Waals surface area contributed by atoms with Gasteiger partial charge in [-0.05, 0) is 44.4 Å². The number of hydrogen-bond acceptors (Lipinski definition) is 0. The van der Waals surface area contributed by atoms with Gasteiger partial charge in [-0.3, -0.25) is 0 Å². The van der Waals surface area contributed by atoms with Crippen molar-refractivity contribution >= 4 is 10.9 Å². The molecule has 1 aliphatic heterocycles. The maximum Gasteiger partial charge on any atom is 0.129 e. The van der Waals surface area contributed by atoms with E-state index < -0.39 is 0 Å². The number of likely N-dealkylation sites (N-methyl/N-ethyl adjacent to an activating group) is 1. The minimum atomic E-state index is 0.759. The van der Waals surface area contributed by atoms with E-state index in [0.717, 1.165) is 6.04 Å². The molecular weight excluding hydrogens is 232 g/mol. The molecule has 4 rings (SSSR count). The van der Waals surface area contributed by atoms with E-state index in [1.807, 2.05) is 0 Å². The van der Waals surface area contributed by atoms with E-state index in [-0.39, 0.29) is 0 Å². The van der Waals surface area contributed by atoms with Crippen molar-refractivity contribution in [1.82, 2.24) is 4.57 Å². The van der Waals surface area contributed by atoms with Gasteiger partial charge < -0.3 is 9.47 Å². The normalized spacial score (nSPS) is 25.6. The Morgan fingerprint density at radius 3 is 3.11 bits per heavy atom. The summed E-state index contributed by atoms with van der Waals surface area (Å²) in [5, 5.41) is 1.54. The van der Waals surface area contributed by atoms with Crippen LogP contribution in [0, 0.1) is 6.92 Å². The Hall–Kier alpha value is -1.28. The van der Waals surface area contributed by atoms with Crippen molar-refractivity contribution < 1.29 is 4.90 Å². The van der Waals surface area contributed by atoms with Gasteiger partial charge in [-0.25, -0.2) is 0 Å². The van der Waals surface area contributed by atoms with Crippen molar-refractivity contribution in [3.05, 3.63) is 35.0 Å². The number of rotatable bonds is 1. The largest absolute Gasteiger partial charge is 0.334 e. The fraction of sp³-hybridized carbons (Fsp3) is 0.529. The second kappa shape index (κ2) is 4.11. The molecule has 1 aliphatic carbocycles. The van der Waals surface area contributed by atoms with Crippen LogP contribution in [-0.4, -0.2) is 17.7 Å². The van der Waals surface area contributed by atoms with Gasteiger partial charge in [-0.1, -0.05) is 11.6 Å². The van der Waals surface area contributed by atoms with E-state index in [0.29, 0.717) is 0 Å². The van der Waals surface area contributed by atoms with E-state index in [1.54, 1.807) is 16.2 Å². The van der Waals surface area contributed by atoms with E-state index in [9.17, 15) is 0 Å². The van der Waals surface area contributed by atoms with Crippen LogP contribution in [0.2, 0.25) is 0 Å². The smallest absolute Gasteiger partial charge is 0.129 e. The highest BCUT2D eigenvalue weighted by molar-refractivity contribution is 5.86. The van der Waals surface area contributed by atoms with Gasteiger partial charge in [0.15, 0.2) is 0 Å². The number of aryl methyl sites for hydroxylation is 2. The number of fused-ring (bicyclic) bond motifs is 3. The molecule has 0 amide bonds. The van der Waals surface area contributed by atoms with E-state index >= 15 is 0 Å². The van der Waals surface area contributed by atoms with Gasteiger partial charge in [0.05, 0.1) is 25.3 Å². The molecule has 1 unspecified atom stereocenters. The maximum atomic E-state index is 2.63. The van der Waals surface area contributed by atoms with Crippen LogP contribution >= 0.6 is 0 Å². The molecule has 1 aromatic heterocycles. The van der Waals surface area contributed by atoms with Crippen LogP contribution in [0.4, 0.5) is 0 Å². The Kier molecular flexibility index (Phi) is 2.49. The molecule has 0 radical (unpaired) electrons. The van der Waals surface area contributed by atoms with Crippen LogP contribution in [0.5, 0.6) is 0 Å². The maximum absolute atomic E-state index is 2.63. The predicted molar refractivity (Wildman–Crippen MR) is 78.7 cm³/mol. The first-order chi connectivity index (χ1) is 9.29. The number of benzene rings is 1. The van der Waals surface area contributed by atoms with Gasteiger partial charge in [0.2, 0.25) is 0 Å². The Morgan fingerprint density at radius 1 is 1.37 bits per heavy atom. The fourth-order valence-corrected chi connectivity index (χ4v) is 4.33. The lowest BCUT2D eigenvalue weighted by atomic mass is 9.89. The molecule has 2 atom stereocenters. The number of nitrogens with zero attached hydrogens (tertiary/aromatic N) is 1. The highest BCUT2D eigenvalue weighted by Gasteiger charge is 2.36. The fourth-order valence-electron chi connectivity index (χ4n) is 4.33. The lowest BCUT2D eigenvalue weighted by molar-refractivity contribution is -0.935.